The summed E-state index contributed by atoms with van der Waals surface area (Å²) in [5.74, 6) is 6.33. The lowest BCUT2D eigenvalue weighted by molar-refractivity contribution is 0.442. The van der Waals surface area contributed by atoms with Gasteiger partial charge in [-0.3, -0.25) is 4.99 Å². The second-order valence-corrected chi connectivity index (χ2v) is 5.07. The maximum atomic E-state index is 5.58. The zero-order valence-corrected chi connectivity index (χ0v) is 11.0. The fourth-order valence-corrected chi connectivity index (χ4v) is 2.88. The maximum absolute atomic E-state index is 5.58. The molecule has 1 fully saturated rings. The molecule has 0 radical (unpaired) electrons. The molecule has 0 spiro atoms. The van der Waals surface area contributed by atoms with Crippen molar-refractivity contribution in [3.05, 3.63) is 10.6 Å². The van der Waals surface area contributed by atoms with Crippen molar-refractivity contribution in [2.75, 3.05) is 0 Å². The quantitative estimate of drug-likeness (QED) is 0.371. The topological polar surface area (TPSA) is 76.2 Å². The van der Waals surface area contributed by atoms with Gasteiger partial charge in [-0.2, -0.15) is 0 Å². The molecule has 17 heavy (non-hydrogen) atoms. The van der Waals surface area contributed by atoms with E-state index in [1.165, 1.54) is 43.6 Å². The third kappa shape index (κ3) is 3.01. The summed E-state index contributed by atoms with van der Waals surface area (Å²) in [6.07, 6.45) is 7.07. The van der Waals surface area contributed by atoms with E-state index in [1.54, 1.807) is 0 Å². The molecule has 1 aromatic rings. The maximum Gasteiger partial charge on any atom is 0.156 e. The molecule has 0 unspecified atom stereocenters. The van der Waals surface area contributed by atoms with Crippen LogP contribution in [0.4, 0.5) is 0 Å². The van der Waals surface area contributed by atoms with Crippen molar-refractivity contribution < 1.29 is 0 Å². The monoisotopic (exact) mass is 253 g/mol. The van der Waals surface area contributed by atoms with Crippen LogP contribution in [0.5, 0.6) is 0 Å². The molecule has 5 nitrogen and oxygen atoms in total. The van der Waals surface area contributed by atoms with Gasteiger partial charge in [0, 0.05) is 0 Å². The first-order chi connectivity index (χ1) is 8.35. The molecule has 0 aromatic carbocycles. The molecule has 1 saturated carbocycles. The molecule has 0 saturated heterocycles. The minimum absolute atomic E-state index is 0.404. The lowest BCUT2D eigenvalue weighted by atomic mass is 9.96. The van der Waals surface area contributed by atoms with Crippen molar-refractivity contribution in [1.29, 1.82) is 0 Å². The summed E-state index contributed by atoms with van der Waals surface area (Å²) in [4.78, 5) is 5.70. The van der Waals surface area contributed by atoms with Gasteiger partial charge in [-0.1, -0.05) is 30.7 Å². The highest BCUT2D eigenvalue weighted by atomic mass is 32.1. The lowest BCUT2D eigenvalue weighted by Gasteiger charge is -2.18. The van der Waals surface area contributed by atoms with E-state index in [1.807, 2.05) is 0 Å². The number of rotatable bonds is 3. The van der Waals surface area contributed by atoms with Gasteiger partial charge in [0.25, 0.3) is 0 Å². The second kappa shape index (κ2) is 6.07. The van der Waals surface area contributed by atoms with Crippen LogP contribution in [0.1, 0.15) is 49.6 Å². The summed E-state index contributed by atoms with van der Waals surface area (Å²) < 4.78 is 3.97. The lowest BCUT2D eigenvalue weighted by Crippen LogP contribution is -2.32. The normalized spacial score (nSPS) is 18.4. The molecule has 0 bridgehead atoms. The number of hydrazine groups is 1. The summed E-state index contributed by atoms with van der Waals surface area (Å²) in [6, 6.07) is 0.404. The minimum Gasteiger partial charge on any atom is -0.307 e. The SMILES string of the molecule is CCc1nnsc1C(=NC1CCCCC1)NN. The van der Waals surface area contributed by atoms with Crippen molar-refractivity contribution in [3.63, 3.8) is 0 Å². The molecular formula is C11H19N5S. The Morgan fingerprint density at radius 1 is 1.47 bits per heavy atom. The number of hydrogen-bond donors (Lipinski definition) is 2. The van der Waals surface area contributed by atoms with Gasteiger partial charge < -0.3 is 5.43 Å². The van der Waals surface area contributed by atoms with Gasteiger partial charge in [-0.05, 0) is 30.8 Å². The van der Waals surface area contributed by atoms with E-state index in [9.17, 15) is 0 Å². The summed E-state index contributed by atoms with van der Waals surface area (Å²) in [6.45, 7) is 2.06. The molecule has 2 rings (SSSR count). The van der Waals surface area contributed by atoms with Crippen molar-refractivity contribution in [2.45, 2.75) is 51.5 Å². The van der Waals surface area contributed by atoms with Crippen molar-refractivity contribution in [3.8, 4) is 0 Å². The Hall–Kier alpha value is -1.01. The molecule has 1 aromatic heterocycles. The van der Waals surface area contributed by atoms with Gasteiger partial charge in [0.05, 0.1) is 11.7 Å². The average Bonchev–Trinajstić information content (AvgIpc) is 2.85. The Labute approximate surface area is 106 Å². The number of aryl methyl sites for hydroxylation is 1. The van der Waals surface area contributed by atoms with Crippen LogP contribution in [0.25, 0.3) is 0 Å². The minimum atomic E-state index is 0.404. The van der Waals surface area contributed by atoms with Gasteiger partial charge in [-0.15, -0.1) is 5.10 Å². The Kier molecular flexibility index (Phi) is 4.44. The first-order valence-electron chi connectivity index (χ1n) is 6.21. The second-order valence-electron chi connectivity index (χ2n) is 4.32. The van der Waals surface area contributed by atoms with Gasteiger partial charge in [0.2, 0.25) is 0 Å². The number of aromatic nitrogens is 2. The predicted octanol–water partition coefficient (Wildman–Crippen LogP) is 1.64. The van der Waals surface area contributed by atoms with Crippen molar-refractivity contribution in [2.24, 2.45) is 10.8 Å². The van der Waals surface area contributed by atoms with Gasteiger partial charge in [0.15, 0.2) is 5.84 Å². The van der Waals surface area contributed by atoms with Gasteiger partial charge in [0.1, 0.15) is 4.88 Å². The van der Waals surface area contributed by atoms with Gasteiger partial charge in [-0.25, -0.2) is 5.84 Å². The smallest absolute Gasteiger partial charge is 0.156 e. The molecule has 0 amide bonds. The highest BCUT2D eigenvalue weighted by Crippen LogP contribution is 2.21. The molecule has 94 valence electrons. The number of amidine groups is 1. The Morgan fingerprint density at radius 2 is 2.24 bits per heavy atom. The Morgan fingerprint density at radius 3 is 2.88 bits per heavy atom. The summed E-state index contributed by atoms with van der Waals surface area (Å²) in [5, 5.41) is 4.09. The largest absolute Gasteiger partial charge is 0.307 e. The van der Waals surface area contributed by atoms with E-state index < -0.39 is 0 Å². The number of aliphatic imine (C=N–C) groups is 1. The van der Waals surface area contributed by atoms with Crippen molar-refractivity contribution in [1.82, 2.24) is 15.0 Å². The molecule has 3 N–H and O–H groups in total. The summed E-state index contributed by atoms with van der Waals surface area (Å²) in [5.41, 5.74) is 3.68. The first-order valence-corrected chi connectivity index (χ1v) is 6.98. The third-order valence-electron chi connectivity index (χ3n) is 3.13. The van der Waals surface area contributed by atoms with Crippen LogP contribution in [0.15, 0.2) is 4.99 Å². The zero-order valence-electron chi connectivity index (χ0n) is 10.1. The van der Waals surface area contributed by atoms with E-state index in [0.717, 1.165) is 22.8 Å². The van der Waals surface area contributed by atoms with Crippen LogP contribution in [0.2, 0.25) is 0 Å². The zero-order chi connectivity index (χ0) is 12.1. The van der Waals surface area contributed by atoms with Crippen LogP contribution in [0.3, 0.4) is 0 Å². The number of nitrogens with two attached hydrogens (primary N) is 1. The first kappa shape index (κ1) is 12.4. The molecule has 6 heteroatoms. The Balaban J connectivity index is 2.17. The van der Waals surface area contributed by atoms with Crippen LogP contribution in [-0.2, 0) is 6.42 Å². The third-order valence-corrected chi connectivity index (χ3v) is 3.90. The van der Waals surface area contributed by atoms with E-state index in [2.05, 4.69) is 21.9 Å². The van der Waals surface area contributed by atoms with Crippen LogP contribution >= 0.6 is 11.5 Å². The average molecular weight is 253 g/mol. The van der Waals surface area contributed by atoms with E-state index in [-0.39, 0.29) is 0 Å². The highest BCUT2D eigenvalue weighted by Gasteiger charge is 2.17. The van der Waals surface area contributed by atoms with E-state index in [0.29, 0.717) is 6.04 Å². The van der Waals surface area contributed by atoms with Crippen LogP contribution < -0.4 is 11.3 Å². The molecule has 1 aliphatic rings. The number of hydrogen-bond acceptors (Lipinski definition) is 5. The number of nitrogens with zero attached hydrogens (tertiary/aromatic N) is 3. The summed E-state index contributed by atoms with van der Waals surface area (Å²) >= 11 is 1.36. The predicted molar refractivity (Wildman–Crippen MR) is 70.0 cm³/mol. The molecule has 0 atom stereocenters. The molecular weight excluding hydrogens is 234 g/mol. The summed E-state index contributed by atoms with van der Waals surface area (Å²) in [7, 11) is 0. The molecule has 0 aliphatic heterocycles. The van der Waals surface area contributed by atoms with Crippen molar-refractivity contribution >= 4 is 17.4 Å². The fourth-order valence-electron chi connectivity index (χ4n) is 2.17. The van der Waals surface area contributed by atoms with Crippen LogP contribution in [0, 0.1) is 0 Å². The van der Waals surface area contributed by atoms with Gasteiger partial charge >= 0.3 is 0 Å². The fraction of sp³-hybridized carbons (Fsp3) is 0.727. The molecule has 1 aliphatic carbocycles. The standard InChI is InChI=1S/C11H19N5S/c1-2-9-10(17-16-15-9)11(14-12)13-8-6-4-3-5-7-8/h8H,2-7,12H2,1H3,(H,13,14). The van der Waals surface area contributed by atoms with E-state index >= 15 is 0 Å². The Bertz CT molecular complexity index is 381. The number of nitrogens with one attached hydrogen (secondary N) is 1. The van der Waals surface area contributed by atoms with Crippen LogP contribution in [-0.4, -0.2) is 21.5 Å². The molecule has 1 heterocycles. The van der Waals surface area contributed by atoms with E-state index in [4.69, 9.17) is 10.8 Å². The highest BCUT2D eigenvalue weighted by molar-refractivity contribution is 7.08.